The Morgan fingerprint density at radius 2 is 2.12 bits per heavy atom. The molecule has 1 aliphatic heterocycles. The van der Waals surface area contributed by atoms with Crippen LogP contribution in [0.3, 0.4) is 0 Å². The van der Waals surface area contributed by atoms with Gasteiger partial charge < -0.3 is 5.32 Å². The lowest BCUT2D eigenvalue weighted by Crippen LogP contribution is -2.41. The van der Waals surface area contributed by atoms with Crippen molar-refractivity contribution in [3.05, 3.63) is 46.7 Å². The summed E-state index contributed by atoms with van der Waals surface area (Å²) in [6.45, 7) is 0.330. The molecule has 1 aliphatic rings. The predicted molar refractivity (Wildman–Crippen MR) is 58.1 cm³/mol. The van der Waals surface area contributed by atoms with Crippen LogP contribution in [0.25, 0.3) is 0 Å². The fraction of sp³-hybridized carbons (Fsp3) is 0.100. The molecule has 1 heterocycles. The van der Waals surface area contributed by atoms with Crippen LogP contribution >= 0.6 is 0 Å². The molecule has 2 rings (SSSR count). The number of nitrogens with one attached hydrogen (secondary N) is 1. The second-order valence-corrected chi connectivity index (χ2v) is 3.21. The Morgan fingerprint density at radius 3 is 2.81 bits per heavy atom. The maximum atomic E-state index is 11.5. The Morgan fingerprint density at radius 1 is 1.38 bits per heavy atom. The van der Waals surface area contributed by atoms with Gasteiger partial charge in [-0.1, -0.05) is 12.1 Å². The molecular formula is C10H9N3O3. The first-order valence-electron chi connectivity index (χ1n) is 4.66. The van der Waals surface area contributed by atoms with E-state index in [9.17, 15) is 14.9 Å². The number of para-hydroxylation sites is 2. The number of carbonyl (C=O) groups excluding carboxylic acids is 1. The molecule has 6 heteroatoms. The van der Waals surface area contributed by atoms with Gasteiger partial charge in [0.25, 0.3) is 5.69 Å². The van der Waals surface area contributed by atoms with Gasteiger partial charge in [0, 0.05) is 18.8 Å². The van der Waals surface area contributed by atoms with Crippen LogP contribution in [-0.4, -0.2) is 17.5 Å². The van der Waals surface area contributed by atoms with E-state index in [1.807, 2.05) is 0 Å². The summed E-state index contributed by atoms with van der Waals surface area (Å²) in [6.07, 6.45) is 3.24. The molecule has 6 nitrogen and oxygen atoms in total. The number of hydrogen-bond acceptors (Lipinski definition) is 3. The largest absolute Gasteiger partial charge is 0.326 e. The monoisotopic (exact) mass is 219 g/mol. The van der Waals surface area contributed by atoms with Crippen LogP contribution in [0.2, 0.25) is 0 Å². The maximum absolute atomic E-state index is 11.5. The number of nitrogens with zero attached hydrogens (tertiary/aromatic N) is 2. The SMILES string of the molecule is O=C1NC=CCN1c1ccccc1[N+](=O)[O-]. The summed E-state index contributed by atoms with van der Waals surface area (Å²) in [6, 6.07) is 5.79. The van der Waals surface area contributed by atoms with Crippen molar-refractivity contribution in [1.82, 2.24) is 5.32 Å². The van der Waals surface area contributed by atoms with Gasteiger partial charge in [-0.05, 0) is 12.1 Å². The van der Waals surface area contributed by atoms with Crippen LogP contribution in [0.4, 0.5) is 16.2 Å². The molecule has 2 amide bonds. The molecule has 0 spiro atoms. The van der Waals surface area contributed by atoms with Gasteiger partial charge >= 0.3 is 6.03 Å². The molecule has 1 aromatic carbocycles. The molecule has 1 aromatic rings. The third-order valence-electron chi connectivity index (χ3n) is 2.23. The van der Waals surface area contributed by atoms with E-state index in [-0.39, 0.29) is 11.7 Å². The van der Waals surface area contributed by atoms with E-state index in [0.29, 0.717) is 12.2 Å². The molecule has 82 valence electrons. The highest BCUT2D eigenvalue weighted by molar-refractivity contribution is 5.96. The molecule has 0 aromatic heterocycles. The van der Waals surface area contributed by atoms with Gasteiger partial charge in [0.2, 0.25) is 0 Å². The van der Waals surface area contributed by atoms with Crippen molar-refractivity contribution >= 4 is 17.4 Å². The zero-order valence-corrected chi connectivity index (χ0v) is 8.29. The summed E-state index contributed by atoms with van der Waals surface area (Å²) in [5, 5.41) is 13.3. The minimum absolute atomic E-state index is 0.0760. The van der Waals surface area contributed by atoms with Crippen LogP contribution < -0.4 is 10.2 Å². The van der Waals surface area contributed by atoms with Crippen molar-refractivity contribution in [1.29, 1.82) is 0 Å². The van der Waals surface area contributed by atoms with Crippen molar-refractivity contribution in [3.8, 4) is 0 Å². The minimum Gasteiger partial charge on any atom is -0.314 e. The van der Waals surface area contributed by atoms with Gasteiger partial charge in [0.15, 0.2) is 0 Å². The van der Waals surface area contributed by atoms with Crippen LogP contribution in [0.5, 0.6) is 0 Å². The standard InChI is InChI=1S/C10H9N3O3/c14-10-11-6-3-7-12(10)8-4-1-2-5-9(8)13(15)16/h1-6H,7H2,(H,11,14). The molecule has 1 N–H and O–H groups in total. The average molecular weight is 219 g/mol. The fourth-order valence-corrected chi connectivity index (χ4v) is 1.50. The first kappa shape index (κ1) is 10.2. The summed E-state index contributed by atoms with van der Waals surface area (Å²) >= 11 is 0. The van der Waals surface area contributed by atoms with E-state index >= 15 is 0 Å². The van der Waals surface area contributed by atoms with Gasteiger partial charge in [-0.3, -0.25) is 15.0 Å². The highest BCUT2D eigenvalue weighted by Gasteiger charge is 2.23. The van der Waals surface area contributed by atoms with Crippen LogP contribution in [0.15, 0.2) is 36.5 Å². The number of carbonyl (C=O) groups is 1. The Hall–Kier alpha value is -2.37. The highest BCUT2D eigenvalue weighted by Crippen LogP contribution is 2.28. The molecule has 16 heavy (non-hydrogen) atoms. The van der Waals surface area contributed by atoms with Gasteiger partial charge in [0.05, 0.1) is 4.92 Å². The second-order valence-electron chi connectivity index (χ2n) is 3.21. The molecule has 0 radical (unpaired) electrons. The quantitative estimate of drug-likeness (QED) is 0.606. The Balaban J connectivity index is 2.43. The Labute approximate surface area is 91.3 Å². The zero-order chi connectivity index (χ0) is 11.5. The van der Waals surface area contributed by atoms with E-state index < -0.39 is 4.92 Å². The van der Waals surface area contributed by atoms with E-state index in [2.05, 4.69) is 5.32 Å². The summed E-state index contributed by atoms with van der Waals surface area (Å²) in [7, 11) is 0. The third kappa shape index (κ3) is 1.72. The molecule has 0 saturated heterocycles. The molecule has 0 atom stereocenters. The van der Waals surface area contributed by atoms with Gasteiger partial charge in [-0.15, -0.1) is 0 Å². The number of rotatable bonds is 2. The number of benzene rings is 1. The normalized spacial score (nSPS) is 14.8. The van der Waals surface area contributed by atoms with Crippen molar-refractivity contribution in [3.63, 3.8) is 0 Å². The molecule has 0 aliphatic carbocycles. The Bertz CT molecular complexity index is 470. The van der Waals surface area contributed by atoms with Crippen molar-refractivity contribution in [2.75, 3.05) is 11.4 Å². The molecule has 0 bridgehead atoms. The average Bonchev–Trinajstić information content (AvgIpc) is 2.29. The molecule has 0 unspecified atom stereocenters. The number of anilines is 1. The highest BCUT2D eigenvalue weighted by atomic mass is 16.6. The second kappa shape index (κ2) is 4.01. The summed E-state index contributed by atoms with van der Waals surface area (Å²) in [5.74, 6) is 0. The van der Waals surface area contributed by atoms with Gasteiger partial charge in [-0.25, -0.2) is 4.79 Å². The minimum atomic E-state index is -0.499. The molecular weight excluding hydrogens is 210 g/mol. The van der Waals surface area contributed by atoms with Crippen molar-refractivity contribution in [2.45, 2.75) is 0 Å². The van der Waals surface area contributed by atoms with Crippen molar-refractivity contribution in [2.24, 2.45) is 0 Å². The van der Waals surface area contributed by atoms with Crippen LogP contribution in [-0.2, 0) is 0 Å². The lowest BCUT2D eigenvalue weighted by Gasteiger charge is -2.23. The van der Waals surface area contributed by atoms with Crippen molar-refractivity contribution < 1.29 is 9.72 Å². The molecule has 0 saturated carbocycles. The summed E-state index contributed by atoms with van der Waals surface area (Å²) < 4.78 is 0. The fourth-order valence-electron chi connectivity index (χ4n) is 1.50. The van der Waals surface area contributed by atoms with E-state index in [4.69, 9.17) is 0 Å². The first-order chi connectivity index (χ1) is 7.70. The van der Waals surface area contributed by atoms with E-state index in [0.717, 1.165) is 0 Å². The maximum Gasteiger partial charge on any atom is 0.326 e. The van der Waals surface area contributed by atoms with Gasteiger partial charge in [0.1, 0.15) is 5.69 Å². The first-order valence-corrected chi connectivity index (χ1v) is 4.66. The van der Waals surface area contributed by atoms with E-state index in [1.165, 1.54) is 17.2 Å². The molecule has 0 fully saturated rings. The lowest BCUT2D eigenvalue weighted by molar-refractivity contribution is -0.384. The summed E-state index contributed by atoms with van der Waals surface area (Å²) in [5.41, 5.74) is 0.224. The topological polar surface area (TPSA) is 75.5 Å². The smallest absolute Gasteiger partial charge is 0.314 e. The number of nitro groups is 1. The van der Waals surface area contributed by atoms with Gasteiger partial charge in [-0.2, -0.15) is 0 Å². The number of amides is 2. The van der Waals surface area contributed by atoms with Crippen LogP contribution in [0.1, 0.15) is 0 Å². The van der Waals surface area contributed by atoms with E-state index in [1.54, 1.807) is 24.3 Å². The number of urea groups is 1. The predicted octanol–water partition coefficient (Wildman–Crippen LogP) is 1.64. The Kier molecular flexibility index (Phi) is 2.55. The van der Waals surface area contributed by atoms with Crippen LogP contribution in [0, 0.1) is 10.1 Å². The lowest BCUT2D eigenvalue weighted by atomic mass is 10.2. The number of nitro benzene ring substituents is 1. The zero-order valence-electron chi connectivity index (χ0n) is 8.29. The summed E-state index contributed by atoms with van der Waals surface area (Å²) in [4.78, 5) is 23.1. The number of hydrogen-bond donors (Lipinski definition) is 1. The third-order valence-corrected chi connectivity index (χ3v) is 2.23.